The van der Waals surface area contributed by atoms with Crippen LogP contribution >= 0.6 is 0 Å². The van der Waals surface area contributed by atoms with Crippen LogP contribution in [0.5, 0.6) is 0 Å². The third-order valence-electron chi connectivity index (χ3n) is 3.43. The van der Waals surface area contributed by atoms with E-state index in [1.165, 1.54) is 0 Å². The molecule has 1 rings (SSSR count). The minimum Gasteiger partial charge on any atom is -0.392 e. The Morgan fingerprint density at radius 1 is 1.33 bits per heavy atom. The lowest BCUT2D eigenvalue weighted by molar-refractivity contribution is -0.194. The molecule has 1 aliphatic rings. The molecule has 0 aromatic carbocycles. The van der Waals surface area contributed by atoms with Crippen molar-refractivity contribution in [3.63, 3.8) is 0 Å². The molecule has 0 heterocycles. The van der Waals surface area contributed by atoms with Crippen LogP contribution in [0.1, 0.15) is 40.0 Å². The second-order valence-corrected chi connectivity index (χ2v) is 3.64. The van der Waals surface area contributed by atoms with Crippen molar-refractivity contribution in [1.29, 1.82) is 0 Å². The van der Waals surface area contributed by atoms with E-state index in [0.29, 0.717) is 6.10 Å². The molecule has 2 atom stereocenters. The van der Waals surface area contributed by atoms with Crippen LogP contribution < -0.4 is 0 Å². The van der Waals surface area contributed by atoms with E-state index >= 15 is 0 Å². The van der Waals surface area contributed by atoms with Gasteiger partial charge in [-0.1, -0.05) is 13.8 Å². The average Bonchev–Trinajstić information content (AvgIpc) is 2.07. The topological polar surface area (TPSA) is 29.5 Å². The highest BCUT2D eigenvalue weighted by Crippen LogP contribution is 2.48. The van der Waals surface area contributed by atoms with Crippen molar-refractivity contribution in [3.05, 3.63) is 0 Å². The van der Waals surface area contributed by atoms with Crippen molar-refractivity contribution in [2.75, 3.05) is 6.61 Å². The Hall–Kier alpha value is -0.0800. The molecule has 2 heteroatoms. The van der Waals surface area contributed by atoms with Gasteiger partial charge in [-0.05, 0) is 19.8 Å². The summed E-state index contributed by atoms with van der Waals surface area (Å²) in [5.74, 6) is 0. The van der Waals surface area contributed by atoms with Crippen LogP contribution in [0.15, 0.2) is 0 Å². The summed E-state index contributed by atoms with van der Waals surface area (Å²) < 4.78 is 5.59. The molecule has 0 aliphatic heterocycles. The van der Waals surface area contributed by atoms with E-state index < -0.39 is 0 Å². The van der Waals surface area contributed by atoms with Crippen molar-refractivity contribution in [1.82, 2.24) is 0 Å². The first-order valence-electron chi connectivity index (χ1n) is 5.00. The van der Waals surface area contributed by atoms with E-state index in [2.05, 4.69) is 13.8 Å². The van der Waals surface area contributed by atoms with Gasteiger partial charge in [-0.15, -0.1) is 0 Å². The zero-order valence-electron chi connectivity index (χ0n) is 8.34. The smallest absolute Gasteiger partial charge is 0.0680 e. The first-order chi connectivity index (χ1) is 5.71. The quantitative estimate of drug-likeness (QED) is 0.702. The van der Waals surface area contributed by atoms with Crippen LogP contribution in [0, 0.1) is 5.41 Å². The van der Waals surface area contributed by atoms with Gasteiger partial charge in [0.25, 0.3) is 0 Å². The third kappa shape index (κ3) is 1.27. The van der Waals surface area contributed by atoms with Crippen molar-refractivity contribution in [3.8, 4) is 0 Å². The van der Waals surface area contributed by atoms with Crippen LogP contribution in [-0.4, -0.2) is 23.9 Å². The van der Waals surface area contributed by atoms with E-state index in [-0.39, 0.29) is 11.5 Å². The van der Waals surface area contributed by atoms with E-state index in [4.69, 9.17) is 4.74 Å². The maximum Gasteiger partial charge on any atom is 0.0680 e. The van der Waals surface area contributed by atoms with Crippen molar-refractivity contribution >= 4 is 0 Å². The second kappa shape index (κ2) is 3.75. The summed E-state index contributed by atoms with van der Waals surface area (Å²) in [5.41, 5.74) is 0.0655. The minimum atomic E-state index is -0.135. The van der Waals surface area contributed by atoms with Gasteiger partial charge in [-0.25, -0.2) is 0 Å². The van der Waals surface area contributed by atoms with Crippen molar-refractivity contribution in [2.45, 2.75) is 52.2 Å². The molecule has 12 heavy (non-hydrogen) atoms. The van der Waals surface area contributed by atoms with Gasteiger partial charge in [0, 0.05) is 18.4 Å². The standard InChI is InChI=1S/C10H20O2/c1-4-10(5-2)8(11)7-9(10)12-6-3/h8-9,11H,4-7H2,1-3H3/t8-,9-/m1/s1. The fraction of sp³-hybridized carbons (Fsp3) is 1.00. The fourth-order valence-corrected chi connectivity index (χ4v) is 2.34. The Labute approximate surface area is 74.9 Å². The summed E-state index contributed by atoms with van der Waals surface area (Å²) in [4.78, 5) is 0. The Bertz CT molecular complexity index is 139. The second-order valence-electron chi connectivity index (χ2n) is 3.64. The average molecular weight is 172 g/mol. The van der Waals surface area contributed by atoms with Gasteiger partial charge in [0.15, 0.2) is 0 Å². The molecular weight excluding hydrogens is 152 g/mol. The molecular formula is C10H20O2. The number of rotatable bonds is 4. The molecule has 0 saturated heterocycles. The van der Waals surface area contributed by atoms with Gasteiger partial charge < -0.3 is 9.84 Å². The first kappa shape index (κ1) is 10.0. The Morgan fingerprint density at radius 2 is 1.92 bits per heavy atom. The highest BCUT2D eigenvalue weighted by atomic mass is 16.5. The molecule has 0 amide bonds. The van der Waals surface area contributed by atoms with Crippen molar-refractivity contribution < 1.29 is 9.84 Å². The lowest BCUT2D eigenvalue weighted by atomic mass is 9.60. The highest BCUT2D eigenvalue weighted by Gasteiger charge is 2.52. The lowest BCUT2D eigenvalue weighted by Crippen LogP contribution is -2.57. The van der Waals surface area contributed by atoms with E-state index in [1.54, 1.807) is 0 Å². The van der Waals surface area contributed by atoms with Crippen LogP contribution in [0.2, 0.25) is 0 Å². The molecule has 2 nitrogen and oxygen atoms in total. The van der Waals surface area contributed by atoms with Gasteiger partial charge in [-0.3, -0.25) is 0 Å². The van der Waals surface area contributed by atoms with Crippen LogP contribution in [0.3, 0.4) is 0 Å². The summed E-state index contributed by atoms with van der Waals surface area (Å²) in [5, 5.41) is 9.68. The molecule has 0 unspecified atom stereocenters. The predicted octanol–water partition coefficient (Wildman–Crippen LogP) is 1.96. The Kier molecular flexibility index (Phi) is 3.13. The number of aliphatic hydroxyl groups excluding tert-OH is 1. The highest BCUT2D eigenvalue weighted by molar-refractivity contribution is 5.02. The monoisotopic (exact) mass is 172 g/mol. The molecule has 0 spiro atoms. The third-order valence-corrected chi connectivity index (χ3v) is 3.43. The molecule has 72 valence electrons. The minimum absolute atomic E-state index is 0.0655. The van der Waals surface area contributed by atoms with Gasteiger partial charge in [0.2, 0.25) is 0 Å². The van der Waals surface area contributed by atoms with E-state index in [0.717, 1.165) is 25.9 Å². The number of aliphatic hydroxyl groups is 1. The molecule has 1 aliphatic carbocycles. The molecule has 1 fully saturated rings. The number of hydrogen-bond acceptors (Lipinski definition) is 2. The Balaban J connectivity index is 2.56. The lowest BCUT2D eigenvalue weighted by Gasteiger charge is -2.52. The summed E-state index contributed by atoms with van der Waals surface area (Å²) in [6.07, 6.45) is 3.04. The molecule has 0 bridgehead atoms. The van der Waals surface area contributed by atoms with Gasteiger partial charge in [0.1, 0.15) is 0 Å². The van der Waals surface area contributed by atoms with Gasteiger partial charge >= 0.3 is 0 Å². The maximum absolute atomic E-state index is 9.68. The van der Waals surface area contributed by atoms with Crippen LogP contribution in [0.4, 0.5) is 0 Å². The molecule has 1 saturated carbocycles. The van der Waals surface area contributed by atoms with E-state index in [1.807, 2.05) is 6.92 Å². The molecule has 0 radical (unpaired) electrons. The maximum atomic E-state index is 9.68. The number of ether oxygens (including phenoxy) is 1. The van der Waals surface area contributed by atoms with Gasteiger partial charge in [-0.2, -0.15) is 0 Å². The predicted molar refractivity (Wildman–Crippen MR) is 49.1 cm³/mol. The van der Waals surface area contributed by atoms with E-state index in [9.17, 15) is 5.11 Å². The zero-order chi connectivity index (χ0) is 9.19. The summed E-state index contributed by atoms with van der Waals surface area (Å²) in [6, 6.07) is 0. The zero-order valence-corrected chi connectivity index (χ0v) is 8.34. The normalized spacial score (nSPS) is 33.0. The summed E-state index contributed by atoms with van der Waals surface area (Å²) >= 11 is 0. The first-order valence-corrected chi connectivity index (χ1v) is 5.00. The number of hydrogen-bond donors (Lipinski definition) is 1. The molecule has 1 N–H and O–H groups in total. The van der Waals surface area contributed by atoms with Crippen molar-refractivity contribution in [2.24, 2.45) is 5.41 Å². The summed E-state index contributed by atoms with van der Waals surface area (Å²) in [7, 11) is 0. The summed E-state index contributed by atoms with van der Waals surface area (Å²) in [6.45, 7) is 7.05. The largest absolute Gasteiger partial charge is 0.392 e. The molecule has 0 aromatic rings. The SMILES string of the molecule is CCO[C@@H]1C[C@@H](O)C1(CC)CC. The molecule has 0 aromatic heterocycles. The van der Waals surface area contributed by atoms with Crippen LogP contribution in [0.25, 0.3) is 0 Å². The van der Waals surface area contributed by atoms with Crippen LogP contribution in [-0.2, 0) is 4.74 Å². The Morgan fingerprint density at radius 3 is 2.25 bits per heavy atom. The fourth-order valence-electron chi connectivity index (χ4n) is 2.34. The van der Waals surface area contributed by atoms with Gasteiger partial charge in [0.05, 0.1) is 12.2 Å².